The first kappa shape index (κ1) is 7.45. The highest BCUT2D eigenvalue weighted by Crippen LogP contribution is 2.12. The lowest BCUT2D eigenvalue weighted by Crippen LogP contribution is -1.86. The van der Waals surface area contributed by atoms with Crippen molar-refractivity contribution in [3.63, 3.8) is 0 Å². The first-order valence-corrected chi connectivity index (χ1v) is 3.49. The molecule has 0 aliphatic rings. The largest absolute Gasteiger partial charge is 0.229 e. The Morgan fingerprint density at radius 3 is 2.90 bits per heavy atom. The average Bonchev–Trinajstić information content (AvgIpc) is 1.88. The number of hydrogen-bond donors (Lipinski definition) is 0. The summed E-state index contributed by atoms with van der Waals surface area (Å²) < 4.78 is 0.386. The third-order valence-corrected chi connectivity index (χ3v) is 1.50. The van der Waals surface area contributed by atoms with E-state index in [9.17, 15) is 0 Å². The summed E-state index contributed by atoms with van der Waals surface area (Å²) in [6, 6.07) is 1.84. The second-order valence-corrected chi connectivity index (χ2v) is 2.52. The Bertz CT molecular complexity index is 293. The van der Waals surface area contributed by atoms with Crippen LogP contribution in [-0.2, 0) is 0 Å². The average molecular weight is 218 g/mol. The molecule has 0 saturated heterocycles. The Morgan fingerprint density at radius 1 is 1.70 bits per heavy atom. The summed E-state index contributed by atoms with van der Waals surface area (Å²) in [5.74, 6) is 0. The summed E-state index contributed by atoms with van der Waals surface area (Å²) in [5.41, 5.74) is 0.282. The molecule has 0 N–H and O–H groups in total. The molecule has 0 aromatic carbocycles. The van der Waals surface area contributed by atoms with E-state index in [1.807, 2.05) is 6.07 Å². The van der Waals surface area contributed by atoms with Gasteiger partial charge in [0.1, 0.15) is 11.6 Å². The number of aromatic nitrogens is 2. The van der Waals surface area contributed by atoms with Gasteiger partial charge < -0.3 is 0 Å². The molecule has 0 aliphatic carbocycles. The molecule has 5 heteroatoms. The lowest BCUT2D eigenvalue weighted by Gasteiger charge is -1.91. The molecule has 1 aromatic rings. The van der Waals surface area contributed by atoms with Crippen molar-refractivity contribution in [2.45, 2.75) is 0 Å². The molecule has 1 heterocycles. The minimum Gasteiger partial charge on any atom is -0.229 e. The molecule has 0 unspecified atom stereocenters. The van der Waals surface area contributed by atoms with Crippen LogP contribution in [0.2, 0.25) is 5.15 Å². The highest BCUT2D eigenvalue weighted by molar-refractivity contribution is 9.10. The Balaban J connectivity index is 3.23. The fraction of sp³-hybridized carbons (Fsp3) is 0. The highest BCUT2D eigenvalue weighted by Gasteiger charge is 2.00. The van der Waals surface area contributed by atoms with E-state index >= 15 is 0 Å². The quantitative estimate of drug-likeness (QED) is 0.492. The number of halogens is 2. The van der Waals surface area contributed by atoms with Crippen LogP contribution in [0.25, 0.3) is 0 Å². The first-order chi connectivity index (χ1) is 4.74. The van der Waals surface area contributed by atoms with Crippen LogP contribution < -0.4 is 0 Å². The summed E-state index contributed by atoms with van der Waals surface area (Å²) >= 11 is 8.54. The van der Waals surface area contributed by atoms with Gasteiger partial charge in [0.15, 0.2) is 9.89 Å². The van der Waals surface area contributed by atoms with Crippen LogP contribution in [0, 0.1) is 11.3 Å². The van der Waals surface area contributed by atoms with Gasteiger partial charge in [-0.3, -0.25) is 0 Å². The van der Waals surface area contributed by atoms with E-state index in [1.54, 1.807) is 0 Å². The van der Waals surface area contributed by atoms with Crippen molar-refractivity contribution in [3.05, 3.63) is 21.6 Å². The number of nitriles is 1. The van der Waals surface area contributed by atoms with Gasteiger partial charge in [-0.1, -0.05) is 11.6 Å². The fourth-order valence-electron chi connectivity index (χ4n) is 0.416. The van der Waals surface area contributed by atoms with E-state index in [1.165, 1.54) is 6.20 Å². The molecule has 0 bridgehead atoms. The molecule has 10 heavy (non-hydrogen) atoms. The predicted octanol–water partition coefficient (Wildman–Crippen LogP) is 1.76. The molecule has 1 rings (SSSR count). The Hall–Kier alpha value is -0.660. The van der Waals surface area contributed by atoms with E-state index < -0.39 is 0 Å². The second kappa shape index (κ2) is 2.95. The van der Waals surface area contributed by atoms with Crippen molar-refractivity contribution >= 4 is 27.5 Å². The molecule has 0 fully saturated rings. The third kappa shape index (κ3) is 1.43. The maximum absolute atomic E-state index is 8.38. The lowest BCUT2D eigenvalue weighted by atomic mass is 10.4. The smallest absolute Gasteiger partial charge is 0.198 e. The number of nitrogens with zero attached hydrogens (tertiary/aromatic N) is 3. The van der Waals surface area contributed by atoms with Crippen molar-refractivity contribution < 1.29 is 0 Å². The van der Waals surface area contributed by atoms with Crippen LogP contribution in [0.1, 0.15) is 5.56 Å². The van der Waals surface area contributed by atoms with E-state index in [-0.39, 0.29) is 10.7 Å². The van der Waals surface area contributed by atoms with Gasteiger partial charge in [0.25, 0.3) is 0 Å². The molecule has 0 saturated carbocycles. The van der Waals surface area contributed by atoms with Crippen molar-refractivity contribution in [2.24, 2.45) is 0 Å². The minimum absolute atomic E-state index is 0.171. The van der Waals surface area contributed by atoms with Gasteiger partial charge in [0.05, 0.1) is 6.20 Å². The fourth-order valence-corrected chi connectivity index (χ4v) is 0.969. The van der Waals surface area contributed by atoms with Crippen molar-refractivity contribution in [2.75, 3.05) is 0 Å². The topological polar surface area (TPSA) is 49.6 Å². The molecule has 0 amide bonds. The van der Waals surface area contributed by atoms with E-state index in [2.05, 4.69) is 25.9 Å². The van der Waals surface area contributed by atoms with Gasteiger partial charge in [-0.05, 0) is 15.9 Å². The maximum atomic E-state index is 8.38. The SMILES string of the molecule is N#Cc1cnc(Br)nc1Cl. The molecular weight excluding hydrogens is 217 g/mol. The highest BCUT2D eigenvalue weighted by atomic mass is 79.9. The monoisotopic (exact) mass is 217 g/mol. The zero-order chi connectivity index (χ0) is 7.56. The van der Waals surface area contributed by atoms with Crippen molar-refractivity contribution in [3.8, 4) is 6.07 Å². The zero-order valence-corrected chi connectivity index (χ0v) is 7.02. The summed E-state index contributed by atoms with van der Waals surface area (Å²) in [6.07, 6.45) is 1.36. The van der Waals surface area contributed by atoms with E-state index in [0.29, 0.717) is 4.73 Å². The summed E-state index contributed by atoms with van der Waals surface area (Å²) in [6.45, 7) is 0. The maximum Gasteiger partial charge on any atom is 0.198 e. The van der Waals surface area contributed by atoms with Gasteiger partial charge in [-0.25, -0.2) is 9.97 Å². The van der Waals surface area contributed by atoms with Crippen LogP contribution in [-0.4, -0.2) is 9.97 Å². The molecule has 0 radical (unpaired) electrons. The molecule has 1 aromatic heterocycles. The molecule has 0 atom stereocenters. The predicted molar refractivity (Wildman–Crippen MR) is 39.5 cm³/mol. The second-order valence-electron chi connectivity index (χ2n) is 1.46. The summed E-state index contributed by atoms with van der Waals surface area (Å²) in [7, 11) is 0. The van der Waals surface area contributed by atoms with Crippen LogP contribution in [0.4, 0.5) is 0 Å². The molecular formula is C5HBrClN3. The van der Waals surface area contributed by atoms with Crippen molar-refractivity contribution in [1.29, 1.82) is 5.26 Å². The van der Waals surface area contributed by atoms with Gasteiger partial charge in [0, 0.05) is 0 Å². The van der Waals surface area contributed by atoms with Crippen LogP contribution in [0.15, 0.2) is 10.9 Å². The van der Waals surface area contributed by atoms with Crippen LogP contribution in [0.3, 0.4) is 0 Å². The summed E-state index contributed by atoms with van der Waals surface area (Å²) in [4.78, 5) is 7.40. The Labute approximate surface area is 70.8 Å². The lowest BCUT2D eigenvalue weighted by molar-refractivity contribution is 1.10. The van der Waals surface area contributed by atoms with Gasteiger partial charge in [-0.2, -0.15) is 5.26 Å². The number of hydrogen-bond acceptors (Lipinski definition) is 3. The van der Waals surface area contributed by atoms with E-state index in [4.69, 9.17) is 16.9 Å². The molecule has 50 valence electrons. The van der Waals surface area contributed by atoms with Gasteiger partial charge >= 0.3 is 0 Å². The summed E-state index contributed by atoms with van der Waals surface area (Å²) in [5, 5.41) is 8.55. The van der Waals surface area contributed by atoms with Gasteiger partial charge in [0.2, 0.25) is 0 Å². The van der Waals surface area contributed by atoms with Crippen LogP contribution in [0.5, 0.6) is 0 Å². The van der Waals surface area contributed by atoms with Crippen LogP contribution >= 0.6 is 27.5 Å². The van der Waals surface area contributed by atoms with E-state index in [0.717, 1.165) is 0 Å². The normalized spacial score (nSPS) is 8.90. The molecule has 0 spiro atoms. The molecule has 3 nitrogen and oxygen atoms in total. The number of rotatable bonds is 0. The first-order valence-electron chi connectivity index (χ1n) is 2.32. The Morgan fingerprint density at radius 2 is 2.40 bits per heavy atom. The van der Waals surface area contributed by atoms with Gasteiger partial charge in [-0.15, -0.1) is 0 Å². The minimum atomic E-state index is 0.171. The Kier molecular flexibility index (Phi) is 2.20. The standard InChI is InChI=1S/C5HBrClN3/c6-5-9-2-3(1-8)4(7)10-5/h2H. The zero-order valence-electron chi connectivity index (χ0n) is 4.67. The van der Waals surface area contributed by atoms with Crippen molar-refractivity contribution in [1.82, 2.24) is 9.97 Å². The third-order valence-electron chi connectivity index (χ3n) is 0.833. The molecule has 0 aliphatic heterocycles.